The van der Waals surface area contributed by atoms with Gasteiger partial charge in [-0.25, -0.2) is 9.37 Å². The van der Waals surface area contributed by atoms with Crippen LogP contribution in [0.4, 0.5) is 4.39 Å². The SMILES string of the molecule is O=C(Oc1cc(F)cnc1Cl)C1CC1. The zero-order chi connectivity index (χ0) is 10.1. The Balaban J connectivity index is 2.14. The van der Waals surface area contributed by atoms with Crippen LogP contribution in [0.15, 0.2) is 12.3 Å². The van der Waals surface area contributed by atoms with Crippen LogP contribution in [0.2, 0.25) is 5.15 Å². The van der Waals surface area contributed by atoms with Crippen molar-refractivity contribution in [2.45, 2.75) is 12.8 Å². The molecule has 1 aromatic rings. The van der Waals surface area contributed by atoms with Gasteiger partial charge in [0.25, 0.3) is 0 Å². The van der Waals surface area contributed by atoms with Gasteiger partial charge in [0.15, 0.2) is 10.9 Å². The van der Waals surface area contributed by atoms with Crippen molar-refractivity contribution in [3.05, 3.63) is 23.2 Å². The number of rotatable bonds is 2. The molecular weight excluding hydrogens is 209 g/mol. The van der Waals surface area contributed by atoms with Crippen LogP contribution in [-0.2, 0) is 4.79 Å². The van der Waals surface area contributed by atoms with Crippen LogP contribution in [-0.4, -0.2) is 11.0 Å². The Morgan fingerprint density at radius 3 is 3.00 bits per heavy atom. The summed E-state index contributed by atoms with van der Waals surface area (Å²) in [6, 6.07) is 1.05. The van der Waals surface area contributed by atoms with E-state index < -0.39 is 5.82 Å². The summed E-state index contributed by atoms with van der Waals surface area (Å²) in [5.74, 6) is -0.995. The van der Waals surface area contributed by atoms with Gasteiger partial charge in [-0.1, -0.05) is 11.6 Å². The van der Waals surface area contributed by atoms with Gasteiger partial charge < -0.3 is 4.74 Å². The van der Waals surface area contributed by atoms with Gasteiger partial charge in [0, 0.05) is 6.07 Å². The highest BCUT2D eigenvalue weighted by Gasteiger charge is 2.32. The predicted octanol–water partition coefficient (Wildman–Crippen LogP) is 2.19. The first-order valence-corrected chi connectivity index (χ1v) is 4.57. The smallest absolute Gasteiger partial charge is 0.314 e. The highest BCUT2D eigenvalue weighted by Crippen LogP contribution is 2.32. The number of carbonyl (C=O) groups is 1. The number of hydrogen-bond acceptors (Lipinski definition) is 3. The highest BCUT2D eigenvalue weighted by molar-refractivity contribution is 6.30. The molecule has 14 heavy (non-hydrogen) atoms. The van der Waals surface area contributed by atoms with Crippen LogP contribution in [0.25, 0.3) is 0 Å². The zero-order valence-corrected chi connectivity index (χ0v) is 7.92. The van der Waals surface area contributed by atoms with Crippen LogP contribution in [0, 0.1) is 11.7 Å². The Kier molecular flexibility index (Phi) is 2.37. The Labute approximate surface area is 84.8 Å². The lowest BCUT2D eigenvalue weighted by molar-refractivity contribution is -0.135. The molecule has 2 rings (SSSR count). The van der Waals surface area contributed by atoms with Crippen molar-refractivity contribution >= 4 is 17.6 Å². The van der Waals surface area contributed by atoms with Crippen molar-refractivity contribution in [1.82, 2.24) is 4.98 Å². The molecule has 0 atom stereocenters. The lowest BCUT2D eigenvalue weighted by atomic mass is 10.4. The van der Waals surface area contributed by atoms with Gasteiger partial charge in [0.1, 0.15) is 5.82 Å². The van der Waals surface area contributed by atoms with Crippen LogP contribution < -0.4 is 4.74 Å². The molecule has 1 fully saturated rings. The number of pyridine rings is 1. The first kappa shape index (κ1) is 9.40. The van der Waals surface area contributed by atoms with E-state index in [0.717, 1.165) is 25.1 Å². The van der Waals surface area contributed by atoms with Gasteiger partial charge >= 0.3 is 5.97 Å². The van der Waals surface area contributed by atoms with Crippen molar-refractivity contribution in [2.75, 3.05) is 0 Å². The number of ether oxygens (including phenoxy) is 1. The molecule has 0 N–H and O–H groups in total. The number of nitrogens with zero attached hydrogens (tertiary/aromatic N) is 1. The largest absolute Gasteiger partial charge is 0.423 e. The first-order chi connectivity index (χ1) is 6.66. The van der Waals surface area contributed by atoms with Crippen molar-refractivity contribution in [3.63, 3.8) is 0 Å². The highest BCUT2D eigenvalue weighted by atomic mass is 35.5. The summed E-state index contributed by atoms with van der Waals surface area (Å²) in [6.07, 6.45) is 2.63. The summed E-state index contributed by atoms with van der Waals surface area (Å²) in [7, 11) is 0. The van der Waals surface area contributed by atoms with Gasteiger partial charge in [-0.05, 0) is 12.8 Å². The number of halogens is 2. The molecule has 0 amide bonds. The van der Waals surface area contributed by atoms with E-state index in [2.05, 4.69) is 4.98 Å². The van der Waals surface area contributed by atoms with Gasteiger partial charge in [-0.3, -0.25) is 4.79 Å². The van der Waals surface area contributed by atoms with Crippen LogP contribution in [0.1, 0.15) is 12.8 Å². The second kappa shape index (κ2) is 3.53. The fourth-order valence-corrected chi connectivity index (χ4v) is 1.13. The summed E-state index contributed by atoms with van der Waals surface area (Å²) in [6.45, 7) is 0. The molecule has 74 valence electrons. The average Bonchev–Trinajstić information content (AvgIpc) is 2.94. The lowest BCUT2D eigenvalue weighted by Gasteiger charge is -2.03. The van der Waals surface area contributed by atoms with E-state index in [-0.39, 0.29) is 22.8 Å². The number of carbonyl (C=O) groups excluding carboxylic acids is 1. The maximum atomic E-state index is 12.7. The maximum Gasteiger partial charge on any atom is 0.314 e. The molecule has 1 saturated carbocycles. The molecule has 3 nitrogen and oxygen atoms in total. The third-order valence-electron chi connectivity index (χ3n) is 1.89. The molecule has 1 aromatic heterocycles. The molecule has 1 heterocycles. The molecule has 1 aliphatic rings. The number of hydrogen-bond donors (Lipinski definition) is 0. The normalized spacial score (nSPS) is 15.3. The maximum absolute atomic E-state index is 12.7. The summed E-state index contributed by atoms with van der Waals surface area (Å²) in [5, 5.41) is 0.000370. The third kappa shape index (κ3) is 2.01. The Morgan fingerprint density at radius 2 is 2.36 bits per heavy atom. The van der Waals surface area contributed by atoms with E-state index in [1.165, 1.54) is 0 Å². The summed E-state index contributed by atoms with van der Waals surface area (Å²) in [5.41, 5.74) is 0. The summed E-state index contributed by atoms with van der Waals surface area (Å²) in [4.78, 5) is 14.7. The van der Waals surface area contributed by atoms with E-state index in [1.54, 1.807) is 0 Å². The lowest BCUT2D eigenvalue weighted by Crippen LogP contribution is -2.10. The Hall–Kier alpha value is -1.16. The van der Waals surface area contributed by atoms with Crippen molar-refractivity contribution in [3.8, 4) is 5.75 Å². The predicted molar refractivity (Wildman–Crippen MR) is 47.6 cm³/mol. The Bertz CT molecular complexity index is 379. The number of aromatic nitrogens is 1. The second-order valence-electron chi connectivity index (χ2n) is 3.14. The third-order valence-corrected chi connectivity index (χ3v) is 2.18. The summed E-state index contributed by atoms with van der Waals surface area (Å²) < 4.78 is 17.6. The molecule has 0 aromatic carbocycles. The molecule has 0 radical (unpaired) electrons. The number of esters is 1. The van der Waals surface area contributed by atoms with Gasteiger partial charge in [-0.2, -0.15) is 0 Å². The molecule has 0 unspecified atom stereocenters. The van der Waals surface area contributed by atoms with Gasteiger partial charge in [0.05, 0.1) is 12.1 Å². The quantitative estimate of drug-likeness (QED) is 0.561. The van der Waals surface area contributed by atoms with E-state index in [9.17, 15) is 9.18 Å². The fraction of sp³-hybridized carbons (Fsp3) is 0.333. The molecule has 0 bridgehead atoms. The zero-order valence-electron chi connectivity index (χ0n) is 7.17. The van der Waals surface area contributed by atoms with E-state index in [4.69, 9.17) is 16.3 Å². The molecule has 0 spiro atoms. The van der Waals surface area contributed by atoms with E-state index >= 15 is 0 Å². The second-order valence-corrected chi connectivity index (χ2v) is 3.50. The van der Waals surface area contributed by atoms with Gasteiger partial charge in [0.2, 0.25) is 0 Å². The topological polar surface area (TPSA) is 39.2 Å². The van der Waals surface area contributed by atoms with Crippen LogP contribution in [0.5, 0.6) is 5.75 Å². The minimum Gasteiger partial charge on any atom is -0.423 e. The van der Waals surface area contributed by atoms with Crippen molar-refractivity contribution in [1.29, 1.82) is 0 Å². The summed E-state index contributed by atoms with van der Waals surface area (Å²) >= 11 is 5.61. The van der Waals surface area contributed by atoms with Crippen molar-refractivity contribution < 1.29 is 13.9 Å². The molecule has 0 aliphatic heterocycles. The minimum absolute atomic E-state index is 0.000370. The molecule has 5 heteroatoms. The molecular formula is C9H7ClFNO2. The molecule has 1 aliphatic carbocycles. The average molecular weight is 216 g/mol. The fourth-order valence-electron chi connectivity index (χ4n) is 0.986. The standard InChI is InChI=1S/C9H7ClFNO2/c10-8-7(3-6(11)4-12-8)14-9(13)5-1-2-5/h3-5H,1-2H2. The monoisotopic (exact) mass is 215 g/mol. The Morgan fingerprint density at radius 1 is 1.64 bits per heavy atom. The van der Waals surface area contributed by atoms with Crippen LogP contribution in [0.3, 0.4) is 0 Å². The van der Waals surface area contributed by atoms with Gasteiger partial charge in [-0.15, -0.1) is 0 Å². The molecule has 0 saturated heterocycles. The van der Waals surface area contributed by atoms with E-state index in [1.807, 2.05) is 0 Å². The van der Waals surface area contributed by atoms with E-state index in [0.29, 0.717) is 0 Å². The van der Waals surface area contributed by atoms with Crippen LogP contribution >= 0.6 is 11.6 Å². The minimum atomic E-state index is -0.576. The van der Waals surface area contributed by atoms with Crippen molar-refractivity contribution in [2.24, 2.45) is 5.92 Å². The first-order valence-electron chi connectivity index (χ1n) is 4.19.